The molecule has 2 aliphatic heterocycles. The van der Waals surface area contributed by atoms with E-state index >= 15 is 0 Å². The number of aromatic nitrogens is 3. The van der Waals surface area contributed by atoms with Crippen LogP contribution in [-0.4, -0.2) is 54.5 Å². The van der Waals surface area contributed by atoms with E-state index in [1.54, 1.807) is 19.1 Å². The van der Waals surface area contributed by atoms with Crippen molar-refractivity contribution in [1.82, 2.24) is 20.5 Å². The van der Waals surface area contributed by atoms with Crippen molar-refractivity contribution >= 4 is 9.84 Å². The van der Waals surface area contributed by atoms with Crippen molar-refractivity contribution in [3.63, 3.8) is 0 Å². The molecule has 1 unspecified atom stereocenters. The van der Waals surface area contributed by atoms with Crippen LogP contribution < -0.4 is 5.32 Å². The summed E-state index contributed by atoms with van der Waals surface area (Å²) in [7, 11) is -3.73. The molecule has 168 valence electrons. The summed E-state index contributed by atoms with van der Waals surface area (Å²) in [6.45, 7) is 3.66. The molecule has 3 heterocycles. The molecule has 0 saturated carbocycles. The molecule has 1 atom stereocenters. The summed E-state index contributed by atoms with van der Waals surface area (Å²) in [5.74, 6) is 0.330. The van der Waals surface area contributed by atoms with Crippen molar-refractivity contribution in [3.8, 4) is 22.8 Å². The number of ether oxygens (including phenoxy) is 2. The number of hydrogen-bond acceptors (Lipinski definition) is 7. The SMILES string of the molecule is Cc1ccc(-c2nnc(-c3ccccc3)[nH]2)cc1S(=O)(=O)C1CCOC2(CCNCC2)O1. The van der Waals surface area contributed by atoms with E-state index in [0.717, 1.165) is 18.7 Å². The van der Waals surface area contributed by atoms with E-state index in [9.17, 15) is 8.42 Å². The van der Waals surface area contributed by atoms with Crippen LogP contribution in [-0.2, 0) is 19.3 Å². The molecule has 5 rings (SSSR count). The Balaban J connectivity index is 1.45. The lowest BCUT2D eigenvalue weighted by Gasteiger charge is -2.43. The summed E-state index contributed by atoms with van der Waals surface area (Å²) in [5.41, 5.74) is 1.31. The molecule has 0 bridgehead atoms. The Morgan fingerprint density at radius 2 is 1.72 bits per heavy atom. The Kier molecular flexibility index (Phi) is 5.58. The summed E-state index contributed by atoms with van der Waals surface area (Å²) in [6.07, 6.45) is 1.58. The first-order valence-corrected chi connectivity index (χ1v) is 12.4. The number of aryl methyl sites for hydroxylation is 1. The van der Waals surface area contributed by atoms with E-state index in [-0.39, 0.29) is 4.90 Å². The van der Waals surface area contributed by atoms with Crippen LogP contribution in [0.25, 0.3) is 22.8 Å². The van der Waals surface area contributed by atoms with Crippen LogP contribution in [0.4, 0.5) is 0 Å². The molecule has 2 saturated heterocycles. The highest BCUT2D eigenvalue weighted by Crippen LogP contribution is 2.36. The van der Waals surface area contributed by atoms with Gasteiger partial charge in [-0.05, 0) is 18.6 Å². The molecule has 1 aromatic heterocycles. The number of benzene rings is 2. The lowest BCUT2D eigenvalue weighted by Crippen LogP contribution is -2.52. The van der Waals surface area contributed by atoms with Gasteiger partial charge in [-0.25, -0.2) is 8.42 Å². The Morgan fingerprint density at radius 1 is 1.00 bits per heavy atom. The van der Waals surface area contributed by atoms with Gasteiger partial charge >= 0.3 is 0 Å². The van der Waals surface area contributed by atoms with Gasteiger partial charge in [-0.1, -0.05) is 42.5 Å². The molecule has 9 heteroatoms. The third-order valence-electron chi connectivity index (χ3n) is 6.08. The van der Waals surface area contributed by atoms with E-state index in [1.165, 1.54) is 0 Å². The fourth-order valence-electron chi connectivity index (χ4n) is 4.28. The molecule has 2 aliphatic rings. The average molecular weight is 455 g/mol. The second-order valence-corrected chi connectivity index (χ2v) is 10.3. The first-order chi connectivity index (χ1) is 15.5. The van der Waals surface area contributed by atoms with Gasteiger partial charge in [0, 0.05) is 43.5 Å². The summed E-state index contributed by atoms with van der Waals surface area (Å²) in [4.78, 5) is 3.45. The second kappa shape index (κ2) is 8.40. The third-order valence-corrected chi connectivity index (χ3v) is 8.16. The molecule has 2 N–H and O–H groups in total. The summed E-state index contributed by atoms with van der Waals surface area (Å²) in [5, 5.41) is 11.7. The summed E-state index contributed by atoms with van der Waals surface area (Å²) >= 11 is 0. The standard InChI is InChI=1S/C23H26N4O4S/c1-16-7-8-18(22-25-21(26-27-22)17-5-3-2-4-6-17)15-19(16)32(28,29)20-9-14-30-23(31-20)10-12-24-13-11-23/h2-8,15,20,24H,9-14H2,1H3,(H,25,26,27). The minimum Gasteiger partial charge on any atom is -0.350 e. The number of sulfone groups is 1. The van der Waals surface area contributed by atoms with Gasteiger partial charge in [0.05, 0.1) is 11.5 Å². The number of piperidine rings is 1. The second-order valence-electron chi connectivity index (χ2n) is 8.26. The fraction of sp³-hybridized carbons (Fsp3) is 0.391. The Morgan fingerprint density at radius 3 is 2.47 bits per heavy atom. The van der Waals surface area contributed by atoms with E-state index < -0.39 is 21.1 Å². The normalized spacial score (nSPS) is 21.0. The first-order valence-electron chi connectivity index (χ1n) is 10.8. The van der Waals surface area contributed by atoms with Gasteiger partial charge in [-0.2, -0.15) is 0 Å². The minimum absolute atomic E-state index is 0.253. The van der Waals surface area contributed by atoms with Crippen LogP contribution in [0.1, 0.15) is 24.8 Å². The number of nitrogens with zero attached hydrogens (tertiary/aromatic N) is 2. The zero-order chi connectivity index (χ0) is 22.2. The molecule has 0 aliphatic carbocycles. The lowest BCUT2D eigenvalue weighted by molar-refractivity contribution is -0.286. The van der Waals surface area contributed by atoms with Crippen LogP contribution in [0.2, 0.25) is 0 Å². The topological polar surface area (TPSA) is 106 Å². The first kappa shape index (κ1) is 21.3. The monoisotopic (exact) mass is 454 g/mol. The predicted octanol–water partition coefficient (Wildman–Crippen LogP) is 3.06. The Hall–Kier alpha value is -2.59. The van der Waals surface area contributed by atoms with E-state index in [4.69, 9.17) is 9.47 Å². The van der Waals surface area contributed by atoms with Gasteiger partial charge in [0.25, 0.3) is 0 Å². The summed E-state index contributed by atoms with van der Waals surface area (Å²) < 4.78 is 39.2. The molecule has 2 fully saturated rings. The molecular formula is C23H26N4O4S. The highest BCUT2D eigenvalue weighted by molar-refractivity contribution is 7.92. The number of nitrogens with one attached hydrogen (secondary N) is 2. The quantitative estimate of drug-likeness (QED) is 0.624. The lowest BCUT2D eigenvalue weighted by atomic mass is 10.0. The van der Waals surface area contributed by atoms with Crippen molar-refractivity contribution in [2.24, 2.45) is 0 Å². The number of hydrogen-bond donors (Lipinski definition) is 2. The Labute approximate surface area is 187 Å². The van der Waals surface area contributed by atoms with Crippen molar-refractivity contribution in [2.75, 3.05) is 19.7 Å². The molecular weight excluding hydrogens is 428 g/mol. The smallest absolute Gasteiger partial charge is 0.205 e. The summed E-state index contributed by atoms with van der Waals surface area (Å²) in [6, 6.07) is 15.0. The van der Waals surface area contributed by atoms with Gasteiger partial charge in [-0.3, -0.25) is 0 Å². The van der Waals surface area contributed by atoms with Crippen LogP contribution in [0, 0.1) is 6.92 Å². The Bertz CT molecular complexity index is 1200. The number of aromatic amines is 1. The van der Waals surface area contributed by atoms with Gasteiger partial charge in [0.1, 0.15) is 0 Å². The number of rotatable bonds is 4. The van der Waals surface area contributed by atoms with Gasteiger partial charge < -0.3 is 19.8 Å². The molecule has 0 radical (unpaired) electrons. The number of H-pyrrole nitrogens is 1. The van der Waals surface area contributed by atoms with Gasteiger partial charge in [0.15, 0.2) is 22.9 Å². The molecule has 8 nitrogen and oxygen atoms in total. The molecule has 1 spiro atoms. The van der Waals surface area contributed by atoms with E-state index in [0.29, 0.717) is 48.6 Å². The maximum Gasteiger partial charge on any atom is 0.205 e. The van der Waals surface area contributed by atoms with Gasteiger partial charge in [0.2, 0.25) is 9.84 Å². The zero-order valence-electron chi connectivity index (χ0n) is 17.9. The van der Waals surface area contributed by atoms with Crippen LogP contribution in [0.3, 0.4) is 0 Å². The van der Waals surface area contributed by atoms with Crippen molar-refractivity contribution in [3.05, 3.63) is 54.1 Å². The largest absolute Gasteiger partial charge is 0.350 e. The molecule has 32 heavy (non-hydrogen) atoms. The van der Waals surface area contributed by atoms with E-state index in [1.807, 2.05) is 36.4 Å². The highest BCUT2D eigenvalue weighted by atomic mass is 32.2. The van der Waals surface area contributed by atoms with Gasteiger partial charge in [-0.15, -0.1) is 10.2 Å². The third kappa shape index (κ3) is 3.97. The highest BCUT2D eigenvalue weighted by Gasteiger charge is 2.44. The average Bonchev–Trinajstić information content (AvgIpc) is 3.31. The fourth-order valence-corrected chi connectivity index (χ4v) is 6.08. The van der Waals surface area contributed by atoms with Crippen molar-refractivity contribution in [2.45, 2.75) is 42.3 Å². The van der Waals surface area contributed by atoms with Crippen molar-refractivity contribution < 1.29 is 17.9 Å². The molecule has 2 aromatic carbocycles. The maximum absolute atomic E-state index is 13.6. The van der Waals surface area contributed by atoms with Crippen molar-refractivity contribution in [1.29, 1.82) is 0 Å². The predicted molar refractivity (Wildman–Crippen MR) is 119 cm³/mol. The van der Waals surface area contributed by atoms with Crippen LogP contribution >= 0.6 is 0 Å². The van der Waals surface area contributed by atoms with E-state index in [2.05, 4.69) is 20.5 Å². The van der Waals surface area contributed by atoms with Crippen LogP contribution in [0.15, 0.2) is 53.4 Å². The van der Waals surface area contributed by atoms with Crippen LogP contribution in [0.5, 0.6) is 0 Å². The zero-order valence-corrected chi connectivity index (χ0v) is 18.7. The molecule has 0 amide bonds. The molecule has 3 aromatic rings. The maximum atomic E-state index is 13.6. The minimum atomic E-state index is -3.73.